The molecule has 0 unspecified atom stereocenters. The number of hydrogen-bond acceptors (Lipinski definition) is 3. The lowest BCUT2D eigenvalue weighted by Gasteiger charge is -2.47. The molecule has 0 fully saturated rings. The van der Waals surface area contributed by atoms with Crippen LogP contribution in [-0.4, -0.2) is 6.71 Å². The SMILES string of the molecule is C=C/C=C\c1cc2c(o1)B1c3cc4c(cc3N(c3cccc5c3C(C)(C)c3ccccc3-5)c3cc(C)cc(c31)N2c1cc(C(C)(C)C)cc(C(C)(C)C)c1)C(C)(C)CCC4(C)C. The summed E-state index contributed by atoms with van der Waals surface area (Å²) in [6.45, 7) is 34.8. The zero-order chi connectivity index (χ0) is 44.1. The van der Waals surface area contributed by atoms with Crippen LogP contribution in [0.1, 0.15) is 141 Å². The predicted molar refractivity (Wildman–Crippen MR) is 267 cm³/mol. The summed E-state index contributed by atoms with van der Waals surface area (Å²) in [5.74, 6) is 0.831. The van der Waals surface area contributed by atoms with Gasteiger partial charge in [0.1, 0.15) is 5.76 Å². The second-order valence-corrected chi connectivity index (χ2v) is 22.7. The second-order valence-electron chi connectivity index (χ2n) is 22.7. The molecule has 2 aliphatic carbocycles. The molecule has 6 aromatic rings. The first-order chi connectivity index (χ1) is 29.1. The standard InChI is InChI=1S/C58H63BN2O/c1-15-16-20-39-32-50-53(62-39)59-45-33-43-44(57(11,12)26-25-56(43,9)10)34-47(45)61(46-24-19-22-41-40-21-17-18-23-42(40)58(13,14)51(41)46)49-28-35(2)27-48(52(49)59)60(50)38-30-36(54(3,4)5)29-37(31-38)55(6,7)8/h15-24,27-34H,1,25-26H2,2-14H3/b20-16-. The summed E-state index contributed by atoms with van der Waals surface area (Å²) in [5.41, 5.74) is 22.8. The number of nitrogens with zero attached hydrogens (tertiary/aromatic N) is 2. The van der Waals surface area contributed by atoms with Crippen molar-refractivity contribution >= 4 is 63.5 Å². The van der Waals surface area contributed by atoms with Gasteiger partial charge < -0.3 is 14.2 Å². The number of benzene rings is 5. The molecule has 5 aromatic carbocycles. The predicted octanol–water partition coefficient (Wildman–Crippen LogP) is 14.1. The third-order valence-electron chi connectivity index (χ3n) is 15.0. The highest BCUT2D eigenvalue weighted by Crippen LogP contribution is 2.56. The molecule has 10 rings (SSSR count). The van der Waals surface area contributed by atoms with Gasteiger partial charge in [-0.05, 0) is 145 Å². The van der Waals surface area contributed by atoms with Gasteiger partial charge in [-0.15, -0.1) is 0 Å². The number of allylic oxidation sites excluding steroid dienone is 2. The minimum Gasteiger partial charge on any atom is -0.469 e. The Morgan fingerprint density at radius 3 is 1.89 bits per heavy atom. The topological polar surface area (TPSA) is 19.6 Å². The van der Waals surface area contributed by atoms with Crippen LogP contribution in [0.3, 0.4) is 0 Å². The fourth-order valence-corrected chi connectivity index (χ4v) is 11.3. The molecule has 3 nitrogen and oxygen atoms in total. The Balaban J connectivity index is 1.35. The first-order valence-corrected chi connectivity index (χ1v) is 22.9. The Kier molecular flexibility index (Phi) is 8.69. The molecule has 4 aliphatic rings. The van der Waals surface area contributed by atoms with Crippen molar-refractivity contribution in [1.29, 1.82) is 0 Å². The summed E-state index contributed by atoms with van der Waals surface area (Å²) in [6.07, 6.45) is 8.19. The molecule has 3 heterocycles. The van der Waals surface area contributed by atoms with Gasteiger partial charge >= 0.3 is 0 Å². The fraction of sp³-hybridized carbons (Fsp3) is 0.345. The van der Waals surface area contributed by atoms with Crippen LogP contribution >= 0.6 is 0 Å². The van der Waals surface area contributed by atoms with Crippen LogP contribution in [0.25, 0.3) is 17.2 Å². The minimum absolute atomic E-state index is 0.0278. The van der Waals surface area contributed by atoms with Crippen LogP contribution in [-0.2, 0) is 27.1 Å². The highest BCUT2D eigenvalue weighted by atomic mass is 16.3. The van der Waals surface area contributed by atoms with E-state index in [1.54, 1.807) is 0 Å². The first kappa shape index (κ1) is 40.6. The van der Waals surface area contributed by atoms with Gasteiger partial charge in [-0.1, -0.05) is 150 Å². The number of furan rings is 1. The molecule has 0 saturated heterocycles. The second kappa shape index (κ2) is 13.3. The summed E-state index contributed by atoms with van der Waals surface area (Å²) in [6, 6.07) is 35.7. The maximum atomic E-state index is 7.22. The lowest BCUT2D eigenvalue weighted by atomic mass is 9.35. The van der Waals surface area contributed by atoms with Crippen molar-refractivity contribution in [1.82, 2.24) is 0 Å². The molecule has 0 N–H and O–H groups in total. The Hall–Kier alpha value is -5.48. The zero-order valence-corrected chi connectivity index (χ0v) is 39.4. The van der Waals surface area contributed by atoms with Crippen molar-refractivity contribution < 1.29 is 4.42 Å². The molecule has 0 bridgehead atoms. The normalized spacial score (nSPS) is 17.6. The van der Waals surface area contributed by atoms with Crippen LogP contribution in [0.4, 0.5) is 34.1 Å². The Morgan fingerprint density at radius 1 is 0.629 bits per heavy atom. The number of anilines is 6. The van der Waals surface area contributed by atoms with Gasteiger partial charge in [-0.25, -0.2) is 0 Å². The van der Waals surface area contributed by atoms with E-state index in [0.29, 0.717) is 0 Å². The summed E-state index contributed by atoms with van der Waals surface area (Å²) in [7, 11) is 0. The van der Waals surface area contributed by atoms with Crippen molar-refractivity contribution in [3.05, 3.63) is 154 Å². The highest BCUT2D eigenvalue weighted by Gasteiger charge is 2.50. The number of hydrogen-bond donors (Lipinski definition) is 0. The van der Waals surface area contributed by atoms with E-state index in [4.69, 9.17) is 4.42 Å². The van der Waals surface area contributed by atoms with E-state index in [9.17, 15) is 0 Å². The van der Waals surface area contributed by atoms with Crippen LogP contribution in [0, 0.1) is 6.92 Å². The van der Waals surface area contributed by atoms with E-state index in [1.807, 2.05) is 12.2 Å². The fourth-order valence-electron chi connectivity index (χ4n) is 11.3. The van der Waals surface area contributed by atoms with Crippen molar-refractivity contribution in [2.45, 2.75) is 130 Å². The summed E-state index contributed by atoms with van der Waals surface area (Å²) in [5, 5.41) is 0. The van der Waals surface area contributed by atoms with Crippen LogP contribution in [0.15, 0.2) is 114 Å². The smallest absolute Gasteiger partial charge is 0.297 e. The van der Waals surface area contributed by atoms with E-state index in [2.05, 4.69) is 203 Å². The van der Waals surface area contributed by atoms with E-state index >= 15 is 0 Å². The molecule has 1 aromatic heterocycles. The van der Waals surface area contributed by atoms with Crippen LogP contribution < -0.4 is 26.4 Å². The maximum Gasteiger partial charge on any atom is 0.297 e. The highest BCUT2D eigenvalue weighted by molar-refractivity contribution is 6.99. The molecule has 0 atom stereocenters. The van der Waals surface area contributed by atoms with Gasteiger partial charge in [0.05, 0.1) is 17.0 Å². The third kappa shape index (κ3) is 5.91. The summed E-state index contributed by atoms with van der Waals surface area (Å²) < 4.78 is 7.22. The molecule has 4 heteroatoms. The quantitative estimate of drug-likeness (QED) is 0.130. The molecule has 0 spiro atoms. The van der Waals surface area contributed by atoms with Gasteiger partial charge in [0, 0.05) is 34.2 Å². The van der Waals surface area contributed by atoms with Crippen molar-refractivity contribution in [2.75, 3.05) is 9.80 Å². The van der Waals surface area contributed by atoms with E-state index < -0.39 is 0 Å². The van der Waals surface area contributed by atoms with E-state index in [1.165, 1.54) is 83.7 Å². The molecule has 0 amide bonds. The number of aryl methyl sites for hydroxylation is 1. The minimum atomic E-state index is -0.206. The molecule has 0 radical (unpaired) electrons. The Morgan fingerprint density at radius 2 is 1.24 bits per heavy atom. The maximum absolute atomic E-state index is 7.22. The van der Waals surface area contributed by atoms with Gasteiger partial charge in [-0.2, -0.15) is 0 Å². The lowest BCUT2D eigenvalue weighted by Crippen LogP contribution is -2.61. The van der Waals surface area contributed by atoms with E-state index in [0.717, 1.165) is 35.6 Å². The largest absolute Gasteiger partial charge is 0.469 e. The number of fused-ring (bicyclic) bond motifs is 8. The van der Waals surface area contributed by atoms with Gasteiger partial charge in [0.25, 0.3) is 6.71 Å². The Bertz CT molecular complexity index is 2870. The average molecular weight is 815 g/mol. The van der Waals surface area contributed by atoms with Crippen LogP contribution in [0.5, 0.6) is 0 Å². The van der Waals surface area contributed by atoms with Gasteiger partial charge in [0.15, 0.2) is 0 Å². The van der Waals surface area contributed by atoms with E-state index in [-0.39, 0.29) is 33.8 Å². The molecular formula is C58H63BN2O. The zero-order valence-electron chi connectivity index (χ0n) is 39.4. The van der Waals surface area contributed by atoms with Crippen molar-refractivity contribution in [2.24, 2.45) is 0 Å². The molecule has 0 saturated carbocycles. The lowest BCUT2D eigenvalue weighted by molar-refractivity contribution is 0.332. The van der Waals surface area contributed by atoms with Crippen LogP contribution in [0.2, 0.25) is 0 Å². The average Bonchev–Trinajstić information content (AvgIpc) is 3.73. The van der Waals surface area contributed by atoms with Crippen molar-refractivity contribution in [3.8, 4) is 11.1 Å². The Labute approximate surface area is 371 Å². The van der Waals surface area contributed by atoms with Gasteiger partial charge in [-0.3, -0.25) is 0 Å². The molecule has 314 valence electrons. The summed E-state index contributed by atoms with van der Waals surface area (Å²) in [4.78, 5) is 5.19. The summed E-state index contributed by atoms with van der Waals surface area (Å²) >= 11 is 0. The molecular weight excluding hydrogens is 751 g/mol. The number of rotatable bonds is 4. The molecule has 2 aliphatic heterocycles. The molecule has 62 heavy (non-hydrogen) atoms. The van der Waals surface area contributed by atoms with Gasteiger partial charge in [0.2, 0.25) is 0 Å². The van der Waals surface area contributed by atoms with Crippen molar-refractivity contribution in [3.63, 3.8) is 0 Å². The first-order valence-electron chi connectivity index (χ1n) is 22.9. The monoisotopic (exact) mass is 815 g/mol. The third-order valence-corrected chi connectivity index (χ3v) is 15.0.